The van der Waals surface area contributed by atoms with Crippen LogP contribution in [0.5, 0.6) is 11.5 Å². The first kappa shape index (κ1) is 13.8. The van der Waals surface area contributed by atoms with Crippen molar-refractivity contribution in [1.29, 1.82) is 0 Å². The second-order valence-electron chi connectivity index (χ2n) is 4.11. The molecule has 0 aliphatic carbocycles. The number of halogens is 1. The maximum Gasteiger partial charge on any atom is 0.146 e. The van der Waals surface area contributed by atoms with Crippen molar-refractivity contribution >= 4 is 11.6 Å². The Morgan fingerprint density at radius 1 is 1.16 bits per heavy atom. The van der Waals surface area contributed by atoms with E-state index in [1.165, 1.54) is 0 Å². The lowest BCUT2D eigenvalue weighted by molar-refractivity contribution is 0.390. The van der Waals surface area contributed by atoms with Crippen LogP contribution in [0.4, 0.5) is 0 Å². The fourth-order valence-electron chi connectivity index (χ4n) is 2.05. The quantitative estimate of drug-likeness (QED) is 0.934. The van der Waals surface area contributed by atoms with Crippen LogP contribution < -0.4 is 15.2 Å². The molecular formula is C14H16ClNO3. The molecule has 0 amide bonds. The Morgan fingerprint density at radius 3 is 2.42 bits per heavy atom. The Bertz CT molecular complexity index is 580. The van der Waals surface area contributed by atoms with Crippen LogP contribution in [0.3, 0.4) is 0 Å². The topological polar surface area (TPSA) is 57.6 Å². The number of furan rings is 1. The molecule has 0 aliphatic rings. The van der Waals surface area contributed by atoms with Gasteiger partial charge in [-0.05, 0) is 25.1 Å². The number of hydrogen-bond donors (Lipinski definition) is 1. The molecule has 1 atom stereocenters. The molecule has 0 bridgehead atoms. The van der Waals surface area contributed by atoms with Crippen molar-refractivity contribution in [2.45, 2.75) is 13.0 Å². The second kappa shape index (κ2) is 5.55. The number of hydrogen-bond acceptors (Lipinski definition) is 4. The average molecular weight is 282 g/mol. The van der Waals surface area contributed by atoms with Crippen molar-refractivity contribution < 1.29 is 13.9 Å². The maximum absolute atomic E-state index is 6.26. The van der Waals surface area contributed by atoms with Crippen molar-refractivity contribution in [1.82, 2.24) is 0 Å². The highest BCUT2D eigenvalue weighted by Gasteiger charge is 2.21. The summed E-state index contributed by atoms with van der Waals surface area (Å²) in [6.45, 7) is 1.87. The van der Waals surface area contributed by atoms with Gasteiger partial charge in [-0.2, -0.15) is 0 Å². The molecule has 2 rings (SSSR count). The molecule has 19 heavy (non-hydrogen) atoms. The van der Waals surface area contributed by atoms with E-state index < -0.39 is 0 Å². The SMILES string of the molecule is COc1ccc(C(N)c2ccoc2C)c(OC)c1Cl. The molecule has 5 heteroatoms. The summed E-state index contributed by atoms with van der Waals surface area (Å²) < 4.78 is 15.8. The normalized spacial score (nSPS) is 12.3. The minimum Gasteiger partial charge on any atom is -0.495 e. The lowest BCUT2D eigenvalue weighted by Gasteiger charge is -2.18. The Hall–Kier alpha value is -1.65. The summed E-state index contributed by atoms with van der Waals surface area (Å²) >= 11 is 6.23. The molecule has 1 heterocycles. The van der Waals surface area contributed by atoms with E-state index in [1.807, 2.05) is 19.1 Å². The molecular weight excluding hydrogens is 266 g/mol. The lowest BCUT2D eigenvalue weighted by Crippen LogP contribution is -2.13. The van der Waals surface area contributed by atoms with Crippen molar-refractivity contribution in [2.24, 2.45) is 5.73 Å². The Kier molecular flexibility index (Phi) is 4.02. The Labute approximate surface area is 117 Å². The van der Waals surface area contributed by atoms with E-state index in [4.69, 9.17) is 31.2 Å². The lowest BCUT2D eigenvalue weighted by atomic mass is 9.99. The third-order valence-corrected chi connectivity index (χ3v) is 3.44. The number of benzene rings is 1. The molecule has 4 nitrogen and oxygen atoms in total. The second-order valence-corrected chi connectivity index (χ2v) is 4.49. The molecule has 1 aromatic carbocycles. The van der Waals surface area contributed by atoms with Crippen molar-refractivity contribution in [3.05, 3.63) is 46.4 Å². The van der Waals surface area contributed by atoms with Crippen LogP contribution in [-0.4, -0.2) is 14.2 Å². The highest BCUT2D eigenvalue weighted by atomic mass is 35.5. The third-order valence-electron chi connectivity index (χ3n) is 3.09. The van der Waals surface area contributed by atoms with Gasteiger partial charge in [0.1, 0.15) is 22.3 Å². The van der Waals surface area contributed by atoms with Crippen LogP contribution >= 0.6 is 11.6 Å². The highest BCUT2D eigenvalue weighted by molar-refractivity contribution is 6.33. The minimum absolute atomic E-state index is 0.364. The van der Waals surface area contributed by atoms with Crippen LogP contribution in [0.25, 0.3) is 0 Å². The van der Waals surface area contributed by atoms with Crippen LogP contribution in [0.1, 0.15) is 22.9 Å². The highest BCUT2D eigenvalue weighted by Crippen LogP contribution is 2.40. The molecule has 0 fully saturated rings. The van der Waals surface area contributed by atoms with Gasteiger partial charge in [0, 0.05) is 11.1 Å². The van der Waals surface area contributed by atoms with Crippen molar-refractivity contribution in [3.63, 3.8) is 0 Å². The fraction of sp³-hybridized carbons (Fsp3) is 0.286. The summed E-state index contributed by atoms with van der Waals surface area (Å²) in [6, 6.07) is 5.10. The van der Waals surface area contributed by atoms with Gasteiger partial charge in [0.2, 0.25) is 0 Å². The molecule has 0 aliphatic heterocycles. The summed E-state index contributed by atoms with van der Waals surface area (Å²) in [5.41, 5.74) is 7.95. The van der Waals surface area contributed by atoms with Gasteiger partial charge in [-0.3, -0.25) is 0 Å². The van der Waals surface area contributed by atoms with E-state index in [1.54, 1.807) is 26.5 Å². The van der Waals surface area contributed by atoms with Crippen LogP contribution in [0.15, 0.2) is 28.9 Å². The van der Waals surface area contributed by atoms with Crippen LogP contribution in [-0.2, 0) is 0 Å². The number of rotatable bonds is 4. The standard InChI is InChI=1S/C14H16ClNO3/c1-8-9(6-7-19-8)13(16)10-4-5-11(17-2)12(15)14(10)18-3/h4-7,13H,16H2,1-3H3. The van der Waals surface area contributed by atoms with E-state index in [0.29, 0.717) is 16.5 Å². The number of methoxy groups -OCH3 is 2. The molecule has 0 radical (unpaired) electrons. The minimum atomic E-state index is -0.364. The average Bonchev–Trinajstić information content (AvgIpc) is 2.83. The zero-order valence-electron chi connectivity index (χ0n) is 11.1. The smallest absolute Gasteiger partial charge is 0.146 e. The summed E-state index contributed by atoms with van der Waals surface area (Å²) in [4.78, 5) is 0. The van der Waals surface area contributed by atoms with Gasteiger partial charge in [0.05, 0.1) is 26.5 Å². The largest absolute Gasteiger partial charge is 0.495 e. The van der Waals surface area contributed by atoms with Crippen LogP contribution in [0, 0.1) is 6.92 Å². The van der Waals surface area contributed by atoms with E-state index >= 15 is 0 Å². The Morgan fingerprint density at radius 2 is 1.89 bits per heavy atom. The first-order chi connectivity index (χ1) is 9.10. The molecule has 2 aromatic rings. The van der Waals surface area contributed by atoms with Gasteiger partial charge in [0.25, 0.3) is 0 Å². The van der Waals surface area contributed by atoms with Crippen molar-refractivity contribution in [2.75, 3.05) is 14.2 Å². The fourth-order valence-corrected chi connectivity index (χ4v) is 2.37. The van der Waals surface area contributed by atoms with Gasteiger partial charge < -0.3 is 19.6 Å². The number of aryl methyl sites for hydroxylation is 1. The predicted molar refractivity (Wildman–Crippen MR) is 74.0 cm³/mol. The van der Waals surface area contributed by atoms with Gasteiger partial charge in [-0.15, -0.1) is 0 Å². The number of nitrogens with two attached hydrogens (primary N) is 1. The zero-order valence-corrected chi connectivity index (χ0v) is 11.8. The molecule has 2 N–H and O–H groups in total. The first-order valence-corrected chi connectivity index (χ1v) is 6.17. The monoisotopic (exact) mass is 281 g/mol. The molecule has 0 spiro atoms. The summed E-state index contributed by atoms with van der Waals surface area (Å²) in [6.07, 6.45) is 1.61. The van der Waals surface area contributed by atoms with Gasteiger partial charge in [-0.25, -0.2) is 0 Å². The number of ether oxygens (including phenoxy) is 2. The summed E-state index contributed by atoms with van der Waals surface area (Å²) in [7, 11) is 3.11. The molecule has 1 aromatic heterocycles. The van der Waals surface area contributed by atoms with E-state index in [9.17, 15) is 0 Å². The zero-order chi connectivity index (χ0) is 14.0. The summed E-state index contributed by atoms with van der Waals surface area (Å²) in [5.74, 6) is 1.86. The van der Waals surface area contributed by atoms with Crippen LogP contribution in [0.2, 0.25) is 5.02 Å². The van der Waals surface area contributed by atoms with E-state index in [0.717, 1.165) is 16.9 Å². The Balaban J connectivity index is 2.51. The van der Waals surface area contributed by atoms with Gasteiger partial charge >= 0.3 is 0 Å². The molecule has 0 saturated carbocycles. The maximum atomic E-state index is 6.26. The third kappa shape index (κ3) is 2.41. The van der Waals surface area contributed by atoms with Gasteiger partial charge in [0.15, 0.2) is 0 Å². The molecule has 0 saturated heterocycles. The first-order valence-electron chi connectivity index (χ1n) is 5.80. The van der Waals surface area contributed by atoms with Crippen molar-refractivity contribution in [3.8, 4) is 11.5 Å². The van der Waals surface area contributed by atoms with E-state index in [2.05, 4.69) is 0 Å². The van der Waals surface area contributed by atoms with Gasteiger partial charge in [-0.1, -0.05) is 11.6 Å². The van der Waals surface area contributed by atoms with E-state index in [-0.39, 0.29) is 6.04 Å². The molecule has 102 valence electrons. The molecule has 1 unspecified atom stereocenters. The summed E-state index contributed by atoms with van der Waals surface area (Å²) in [5, 5.41) is 0.416. The predicted octanol–water partition coefficient (Wildman–Crippen LogP) is 3.31.